The van der Waals surface area contributed by atoms with Gasteiger partial charge in [-0.3, -0.25) is 24.0 Å². The molecule has 9 nitrogen and oxygen atoms in total. The summed E-state index contributed by atoms with van der Waals surface area (Å²) in [6.45, 7) is 3.57. The van der Waals surface area contributed by atoms with Gasteiger partial charge in [-0.05, 0) is 35.8 Å². The van der Waals surface area contributed by atoms with Crippen molar-refractivity contribution in [2.24, 2.45) is 0 Å². The molecule has 1 aliphatic heterocycles. The van der Waals surface area contributed by atoms with E-state index in [0.29, 0.717) is 37.7 Å². The number of carbonyl (C=O) groups excluding carboxylic acids is 1. The first kappa shape index (κ1) is 24.8. The van der Waals surface area contributed by atoms with Gasteiger partial charge in [0, 0.05) is 19.0 Å². The Labute approximate surface area is 208 Å². The molecule has 1 aliphatic rings. The van der Waals surface area contributed by atoms with Crippen molar-refractivity contribution in [3.05, 3.63) is 86.6 Å². The van der Waals surface area contributed by atoms with E-state index in [1.165, 1.54) is 15.5 Å². The van der Waals surface area contributed by atoms with Gasteiger partial charge in [0.15, 0.2) is 17.2 Å². The third kappa shape index (κ3) is 5.68. The number of nitrogens with two attached hydrogens (primary N) is 1. The highest BCUT2D eigenvalue weighted by Crippen LogP contribution is 2.31. The molecule has 3 aromatic rings. The van der Waals surface area contributed by atoms with Crippen LogP contribution in [0.2, 0.25) is 0 Å². The molecule has 0 bridgehead atoms. The Balaban J connectivity index is 1.70. The van der Waals surface area contributed by atoms with Crippen molar-refractivity contribution in [1.82, 2.24) is 9.55 Å². The highest BCUT2D eigenvalue weighted by Gasteiger charge is 2.23. The zero-order valence-electron chi connectivity index (χ0n) is 20.2. The lowest BCUT2D eigenvalue weighted by atomic mass is 10.1. The number of anilines is 2. The second-order valence-corrected chi connectivity index (χ2v) is 8.50. The van der Waals surface area contributed by atoms with Gasteiger partial charge >= 0.3 is 5.69 Å². The van der Waals surface area contributed by atoms with E-state index in [9.17, 15) is 14.4 Å². The molecule has 0 fully saturated rings. The van der Waals surface area contributed by atoms with Crippen molar-refractivity contribution in [2.45, 2.75) is 39.3 Å². The highest BCUT2D eigenvalue weighted by molar-refractivity contribution is 6.05. The van der Waals surface area contributed by atoms with Crippen LogP contribution in [-0.4, -0.2) is 28.7 Å². The number of aromatic nitrogens is 2. The van der Waals surface area contributed by atoms with E-state index in [4.69, 9.17) is 15.2 Å². The molecule has 0 saturated carbocycles. The Bertz CT molecular complexity index is 1360. The lowest BCUT2D eigenvalue weighted by Crippen LogP contribution is -2.40. The summed E-state index contributed by atoms with van der Waals surface area (Å²) < 4.78 is 12.7. The molecule has 1 aromatic heterocycles. The van der Waals surface area contributed by atoms with E-state index in [2.05, 4.69) is 4.98 Å². The van der Waals surface area contributed by atoms with Crippen LogP contribution in [0.25, 0.3) is 6.08 Å². The minimum atomic E-state index is -0.710. The Morgan fingerprint density at radius 1 is 1.11 bits per heavy atom. The summed E-state index contributed by atoms with van der Waals surface area (Å²) in [4.78, 5) is 42.4. The SMILES string of the molecule is CCCCn1c(N)c(N(Cc2ccccc2)C(=O)/C=C/c2ccc3c(c2)OCCCO3)c(=O)[nH]c1=O. The van der Waals surface area contributed by atoms with Gasteiger partial charge in [0.05, 0.1) is 19.8 Å². The fourth-order valence-corrected chi connectivity index (χ4v) is 3.95. The smallest absolute Gasteiger partial charge is 0.330 e. The highest BCUT2D eigenvalue weighted by atomic mass is 16.5. The molecule has 1 amide bonds. The molecule has 0 radical (unpaired) electrons. The number of ether oxygens (including phenoxy) is 2. The number of hydrogen-bond acceptors (Lipinski definition) is 6. The zero-order chi connectivity index (χ0) is 25.5. The van der Waals surface area contributed by atoms with Crippen molar-refractivity contribution < 1.29 is 14.3 Å². The summed E-state index contributed by atoms with van der Waals surface area (Å²) in [6.07, 6.45) is 5.36. The van der Waals surface area contributed by atoms with Gasteiger partial charge in [0.1, 0.15) is 5.82 Å². The number of aromatic amines is 1. The van der Waals surface area contributed by atoms with Gasteiger partial charge in [-0.2, -0.15) is 0 Å². The van der Waals surface area contributed by atoms with Gasteiger partial charge in [-0.1, -0.05) is 49.7 Å². The number of nitrogens with zero attached hydrogens (tertiary/aromatic N) is 2. The first-order chi connectivity index (χ1) is 17.5. The molecule has 9 heteroatoms. The molecule has 0 aliphatic carbocycles. The number of amides is 1. The Morgan fingerprint density at radius 2 is 1.86 bits per heavy atom. The van der Waals surface area contributed by atoms with E-state index in [-0.39, 0.29) is 18.1 Å². The Kier molecular flexibility index (Phi) is 7.89. The molecular formula is C27H30N4O5. The number of unbranched alkanes of at least 4 members (excludes halogenated alkanes) is 1. The van der Waals surface area contributed by atoms with Crippen LogP contribution >= 0.6 is 0 Å². The lowest BCUT2D eigenvalue weighted by Gasteiger charge is -2.23. The summed E-state index contributed by atoms with van der Waals surface area (Å²) in [6, 6.07) is 14.7. The first-order valence-corrected chi connectivity index (χ1v) is 12.0. The molecule has 0 atom stereocenters. The first-order valence-electron chi connectivity index (χ1n) is 12.0. The zero-order valence-corrected chi connectivity index (χ0v) is 20.2. The number of hydrogen-bond donors (Lipinski definition) is 2. The van der Waals surface area contributed by atoms with E-state index in [1.807, 2.05) is 43.3 Å². The molecule has 0 saturated heterocycles. The van der Waals surface area contributed by atoms with Gasteiger partial charge in [-0.15, -0.1) is 0 Å². The third-order valence-corrected chi connectivity index (χ3v) is 5.86. The minimum Gasteiger partial charge on any atom is -0.490 e. The lowest BCUT2D eigenvalue weighted by molar-refractivity contribution is -0.114. The van der Waals surface area contributed by atoms with E-state index >= 15 is 0 Å². The van der Waals surface area contributed by atoms with Crippen molar-refractivity contribution in [3.8, 4) is 11.5 Å². The second-order valence-electron chi connectivity index (χ2n) is 8.50. The van der Waals surface area contributed by atoms with Crippen LogP contribution in [0.1, 0.15) is 37.3 Å². The van der Waals surface area contributed by atoms with Crippen molar-refractivity contribution in [3.63, 3.8) is 0 Å². The summed E-state index contributed by atoms with van der Waals surface area (Å²) in [5.74, 6) is 0.788. The summed E-state index contributed by atoms with van der Waals surface area (Å²) in [7, 11) is 0. The third-order valence-electron chi connectivity index (χ3n) is 5.86. The van der Waals surface area contributed by atoms with Gasteiger partial charge < -0.3 is 15.2 Å². The average molecular weight is 491 g/mol. The molecular weight excluding hydrogens is 460 g/mol. The molecule has 0 unspecified atom stereocenters. The molecule has 2 aromatic carbocycles. The molecule has 4 rings (SSSR count). The summed E-state index contributed by atoms with van der Waals surface area (Å²) in [5, 5.41) is 0. The summed E-state index contributed by atoms with van der Waals surface area (Å²) in [5.41, 5.74) is 6.50. The quantitative estimate of drug-likeness (QED) is 0.468. The molecule has 188 valence electrons. The maximum Gasteiger partial charge on any atom is 0.330 e. The average Bonchev–Trinajstić information content (AvgIpc) is 3.12. The summed E-state index contributed by atoms with van der Waals surface area (Å²) >= 11 is 0. The van der Waals surface area contributed by atoms with Crippen LogP contribution in [0.15, 0.2) is 64.2 Å². The van der Waals surface area contributed by atoms with Crippen molar-refractivity contribution >= 4 is 23.5 Å². The maximum atomic E-state index is 13.5. The maximum absolute atomic E-state index is 13.5. The molecule has 3 N–H and O–H groups in total. The number of fused-ring (bicyclic) bond motifs is 1. The predicted molar refractivity (Wildman–Crippen MR) is 139 cm³/mol. The topological polar surface area (TPSA) is 120 Å². The van der Waals surface area contributed by atoms with Gasteiger partial charge in [-0.25, -0.2) is 4.79 Å². The van der Waals surface area contributed by atoms with E-state index in [0.717, 1.165) is 24.0 Å². The largest absolute Gasteiger partial charge is 0.490 e. The Morgan fingerprint density at radius 3 is 2.61 bits per heavy atom. The number of rotatable bonds is 8. The number of nitrogens with one attached hydrogen (secondary N) is 1. The van der Waals surface area contributed by atoms with Crippen LogP contribution in [0.5, 0.6) is 11.5 Å². The molecule has 0 spiro atoms. The Hall–Kier alpha value is -4.27. The fourth-order valence-electron chi connectivity index (χ4n) is 3.95. The van der Waals surface area contributed by atoms with Crippen LogP contribution in [0.3, 0.4) is 0 Å². The minimum absolute atomic E-state index is 0.0366. The van der Waals surface area contributed by atoms with Crippen LogP contribution in [-0.2, 0) is 17.9 Å². The van der Waals surface area contributed by atoms with Crippen molar-refractivity contribution in [1.29, 1.82) is 0 Å². The molecule has 36 heavy (non-hydrogen) atoms. The normalized spacial score (nSPS) is 12.9. The van der Waals surface area contributed by atoms with Gasteiger partial charge in [0.25, 0.3) is 11.5 Å². The fraction of sp³-hybridized carbons (Fsp3) is 0.296. The van der Waals surface area contributed by atoms with E-state index in [1.54, 1.807) is 18.2 Å². The number of carbonyl (C=O) groups is 1. The van der Waals surface area contributed by atoms with Crippen LogP contribution in [0.4, 0.5) is 11.5 Å². The second kappa shape index (κ2) is 11.4. The van der Waals surface area contributed by atoms with Crippen LogP contribution < -0.4 is 31.4 Å². The number of nitrogen functional groups attached to an aromatic ring is 1. The predicted octanol–water partition coefficient (Wildman–Crippen LogP) is 3.33. The monoisotopic (exact) mass is 490 g/mol. The van der Waals surface area contributed by atoms with Gasteiger partial charge in [0.2, 0.25) is 0 Å². The standard InChI is InChI=1S/C27H30N4O5/c1-2-3-14-30-25(28)24(26(33)29-27(30)34)31(18-20-8-5-4-6-9-20)23(32)13-11-19-10-12-21-22(17-19)36-16-7-15-35-21/h4-6,8-13,17H,2-3,7,14-16,18,28H2,1H3,(H,29,33,34)/b13-11+. The number of H-pyrrole nitrogens is 1. The van der Waals surface area contributed by atoms with E-state index < -0.39 is 17.2 Å². The van der Waals surface area contributed by atoms with Crippen molar-refractivity contribution in [2.75, 3.05) is 23.8 Å². The molecule has 2 heterocycles. The number of benzene rings is 2. The van der Waals surface area contributed by atoms with Crippen LogP contribution in [0, 0.1) is 0 Å².